The minimum atomic E-state index is -0.108. The van der Waals surface area contributed by atoms with Crippen LogP contribution in [0.3, 0.4) is 0 Å². The largest absolute Gasteiger partial charge is 0.373 e. The number of anilines is 1. The average molecular weight is 271 g/mol. The molecular weight excluding hydrogens is 250 g/mol. The second kappa shape index (κ2) is 6.89. The van der Waals surface area contributed by atoms with E-state index in [1.54, 1.807) is 0 Å². The molecule has 0 fully saturated rings. The summed E-state index contributed by atoms with van der Waals surface area (Å²) in [5.74, 6) is 0.630. The topological polar surface area (TPSA) is 54.0 Å². The van der Waals surface area contributed by atoms with Crippen molar-refractivity contribution in [1.29, 1.82) is 0 Å². The van der Waals surface area contributed by atoms with E-state index in [2.05, 4.69) is 22.5 Å². The third-order valence-electron chi connectivity index (χ3n) is 3.28. The molecule has 0 saturated carbocycles. The van der Waals surface area contributed by atoms with E-state index < -0.39 is 0 Å². The van der Waals surface area contributed by atoms with Crippen molar-refractivity contribution in [2.75, 3.05) is 18.9 Å². The molecule has 0 bridgehead atoms. The molecule has 1 aromatic heterocycles. The number of rotatable bonds is 6. The molecule has 0 aliphatic carbocycles. The molecule has 1 aromatic carbocycles. The lowest BCUT2D eigenvalue weighted by Gasteiger charge is -2.09. The molecule has 1 heterocycles. The Kier molecular flexibility index (Phi) is 4.93. The first-order valence-electron chi connectivity index (χ1n) is 7.12. The van der Waals surface area contributed by atoms with Crippen LogP contribution in [0.5, 0.6) is 0 Å². The fraction of sp³-hybridized carbons (Fsp3) is 0.375. The van der Waals surface area contributed by atoms with Gasteiger partial charge in [-0.3, -0.25) is 4.79 Å². The standard InChI is InChI=1S/C16H21N3O/c1-3-4-7-10-18-16(20)14-11-12-8-5-6-9-13(12)15(17-2)19-14/h5-6,8-9,11H,3-4,7,10H2,1-2H3,(H,17,19)(H,18,20). The smallest absolute Gasteiger partial charge is 0.269 e. The summed E-state index contributed by atoms with van der Waals surface area (Å²) < 4.78 is 0. The van der Waals surface area contributed by atoms with E-state index in [0.717, 1.165) is 35.9 Å². The molecule has 0 saturated heterocycles. The summed E-state index contributed by atoms with van der Waals surface area (Å²) in [5.41, 5.74) is 0.463. The van der Waals surface area contributed by atoms with E-state index in [1.165, 1.54) is 0 Å². The van der Waals surface area contributed by atoms with E-state index >= 15 is 0 Å². The third-order valence-corrected chi connectivity index (χ3v) is 3.28. The molecule has 0 radical (unpaired) electrons. The minimum Gasteiger partial charge on any atom is -0.373 e. The second-order valence-electron chi connectivity index (χ2n) is 4.79. The highest BCUT2D eigenvalue weighted by atomic mass is 16.1. The van der Waals surface area contributed by atoms with Crippen molar-refractivity contribution >= 4 is 22.5 Å². The van der Waals surface area contributed by atoms with Crippen molar-refractivity contribution in [3.63, 3.8) is 0 Å². The van der Waals surface area contributed by atoms with Crippen LogP contribution in [0.4, 0.5) is 5.82 Å². The number of hydrogen-bond acceptors (Lipinski definition) is 3. The van der Waals surface area contributed by atoms with Gasteiger partial charge in [-0.2, -0.15) is 0 Å². The van der Waals surface area contributed by atoms with Gasteiger partial charge in [0.25, 0.3) is 5.91 Å². The van der Waals surface area contributed by atoms with Crippen LogP contribution in [0.25, 0.3) is 10.8 Å². The number of carbonyl (C=O) groups excluding carboxylic acids is 1. The normalized spacial score (nSPS) is 10.5. The second-order valence-corrected chi connectivity index (χ2v) is 4.79. The van der Waals surface area contributed by atoms with Crippen molar-refractivity contribution in [2.24, 2.45) is 0 Å². The lowest BCUT2D eigenvalue weighted by Crippen LogP contribution is -2.25. The van der Waals surface area contributed by atoms with Gasteiger partial charge in [-0.1, -0.05) is 44.0 Å². The third kappa shape index (κ3) is 3.26. The number of nitrogens with one attached hydrogen (secondary N) is 2. The Morgan fingerprint density at radius 1 is 1.25 bits per heavy atom. The van der Waals surface area contributed by atoms with Crippen LogP contribution in [0.15, 0.2) is 30.3 Å². The number of pyridine rings is 1. The molecule has 0 spiro atoms. The van der Waals surface area contributed by atoms with Crippen LogP contribution in [0.2, 0.25) is 0 Å². The summed E-state index contributed by atoms with van der Waals surface area (Å²) >= 11 is 0. The van der Waals surface area contributed by atoms with Gasteiger partial charge in [-0.05, 0) is 17.9 Å². The minimum absolute atomic E-state index is 0.108. The Labute approximate surface area is 119 Å². The molecule has 4 heteroatoms. The van der Waals surface area contributed by atoms with E-state index in [1.807, 2.05) is 37.4 Å². The zero-order chi connectivity index (χ0) is 14.4. The van der Waals surface area contributed by atoms with Crippen molar-refractivity contribution < 1.29 is 4.79 Å². The molecule has 106 valence electrons. The lowest BCUT2D eigenvalue weighted by atomic mass is 10.1. The molecule has 0 unspecified atom stereocenters. The fourth-order valence-corrected chi connectivity index (χ4v) is 2.17. The highest BCUT2D eigenvalue weighted by molar-refractivity contribution is 6.00. The van der Waals surface area contributed by atoms with Crippen molar-refractivity contribution in [3.05, 3.63) is 36.0 Å². The summed E-state index contributed by atoms with van der Waals surface area (Å²) in [6.45, 7) is 2.85. The predicted octanol–water partition coefficient (Wildman–Crippen LogP) is 3.20. The van der Waals surface area contributed by atoms with Gasteiger partial charge in [0.1, 0.15) is 11.5 Å². The zero-order valence-corrected chi connectivity index (χ0v) is 12.1. The SMILES string of the molecule is CCCCCNC(=O)c1cc2ccccc2c(NC)n1. The Morgan fingerprint density at radius 2 is 2.05 bits per heavy atom. The summed E-state index contributed by atoms with van der Waals surface area (Å²) in [4.78, 5) is 16.5. The van der Waals surface area contributed by atoms with Gasteiger partial charge in [0.15, 0.2) is 0 Å². The molecule has 2 aromatic rings. The zero-order valence-electron chi connectivity index (χ0n) is 12.1. The molecule has 1 amide bonds. The van der Waals surface area contributed by atoms with Gasteiger partial charge in [0, 0.05) is 19.0 Å². The molecule has 0 atom stereocenters. The van der Waals surface area contributed by atoms with E-state index in [9.17, 15) is 4.79 Å². The number of benzene rings is 1. The highest BCUT2D eigenvalue weighted by Gasteiger charge is 2.10. The fourth-order valence-electron chi connectivity index (χ4n) is 2.17. The van der Waals surface area contributed by atoms with Crippen LogP contribution < -0.4 is 10.6 Å². The number of unbranched alkanes of at least 4 members (excludes halogenated alkanes) is 2. The number of aromatic nitrogens is 1. The summed E-state index contributed by atoms with van der Waals surface area (Å²) in [7, 11) is 1.82. The Balaban J connectivity index is 2.19. The van der Waals surface area contributed by atoms with Crippen LogP contribution in [0, 0.1) is 0 Å². The van der Waals surface area contributed by atoms with Gasteiger partial charge in [-0.25, -0.2) is 4.98 Å². The number of carbonyl (C=O) groups is 1. The van der Waals surface area contributed by atoms with Gasteiger partial charge in [-0.15, -0.1) is 0 Å². The maximum Gasteiger partial charge on any atom is 0.269 e. The van der Waals surface area contributed by atoms with Crippen molar-refractivity contribution in [2.45, 2.75) is 26.2 Å². The predicted molar refractivity (Wildman–Crippen MR) is 83.1 cm³/mol. The number of fused-ring (bicyclic) bond motifs is 1. The summed E-state index contributed by atoms with van der Waals surface area (Å²) in [6.07, 6.45) is 3.29. The van der Waals surface area contributed by atoms with Crippen LogP contribution >= 0.6 is 0 Å². The molecule has 2 N–H and O–H groups in total. The highest BCUT2D eigenvalue weighted by Crippen LogP contribution is 2.22. The Bertz CT molecular complexity index is 595. The monoisotopic (exact) mass is 271 g/mol. The first-order valence-corrected chi connectivity index (χ1v) is 7.12. The van der Waals surface area contributed by atoms with Crippen molar-refractivity contribution in [1.82, 2.24) is 10.3 Å². The first-order chi connectivity index (χ1) is 9.76. The Morgan fingerprint density at radius 3 is 2.80 bits per heavy atom. The summed E-state index contributed by atoms with van der Waals surface area (Å²) in [6, 6.07) is 9.76. The van der Waals surface area contributed by atoms with Crippen LogP contribution in [-0.2, 0) is 0 Å². The van der Waals surface area contributed by atoms with Gasteiger partial charge in [0.2, 0.25) is 0 Å². The first kappa shape index (κ1) is 14.3. The van der Waals surface area contributed by atoms with Crippen LogP contribution in [-0.4, -0.2) is 24.5 Å². The molecule has 0 aliphatic heterocycles. The summed E-state index contributed by atoms with van der Waals surface area (Å²) in [5, 5.41) is 8.02. The van der Waals surface area contributed by atoms with Gasteiger partial charge >= 0.3 is 0 Å². The van der Waals surface area contributed by atoms with E-state index in [4.69, 9.17) is 0 Å². The van der Waals surface area contributed by atoms with Crippen molar-refractivity contribution in [3.8, 4) is 0 Å². The van der Waals surface area contributed by atoms with Crippen LogP contribution in [0.1, 0.15) is 36.7 Å². The molecule has 2 rings (SSSR count). The maximum atomic E-state index is 12.1. The maximum absolute atomic E-state index is 12.1. The van der Waals surface area contributed by atoms with Gasteiger partial charge < -0.3 is 10.6 Å². The molecular formula is C16H21N3O. The number of amides is 1. The van der Waals surface area contributed by atoms with Gasteiger partial charge in [0.05, 0.1) is 0 Å². The number of hydrogen-bond donors (Lipinski definition) is 2. The Hall–Kier alpha value is -2.10. The van der Waals surface area contributed by atoms with E-state index in [-0.39, 0.29) is 5.91 Å². The molecule has 4 nitrogen and oxygen atoms in total. The molecule has 20 heavy (non-hydrogen) atoms. The lowest BCUT2D eigenvalue weighted by molar-refractivity contribution is 0.0948. The quantitative estimate of drug-likeness (QED) is 0.793. The molecule has 0 aliphatic rings. The number of nitrogens with zero attached hydrogens (tertiary/aromatic N) is 1. The van der Waals surface area contributed by atoms with E-state index in [0.29, 0.717) is 12.2 Å². The average Bonchev–Trinajstić information content (AvgIpc) is 2.50.